The molecular weight excluding hydrogens is 333 g/mol. The van der Waals surface area contributed by atoms with Gasteiger partial charge in [0.25, 0.3) is 0 Å². The number of aryl methyl sites for hydroxylation is 1. The minimum Gasteiger partial charge on any atom is -0.383 e. The zero-order chi connectivity index (χ0) is 15.8. The van der Waals surface area contributed by atoms with Gasteiger partial charge in [0.1, 0.15) is 23.2 Å². The Balaban J connectivity index is 2.65. The van der Waals surface area contributed by atoms with Crippen molar-refractivity contribution in [1.82, 2.24) is 9.55 Å². The highest BCUT2D eigenvalue weighted by molar-refractivity contribution is 9.10. The smallest absolute Gasteiger partial charge is 0.133 e. The third kappa shape index (κ3) is 3.12. The molecule has 0 spiro atoms. The summed E-state index contributed by atoms with van der Waals surface area (Å²) in [5.74, 6) is 1.10. The fourth-order valence-electron chi connectivity index (χ4n) is 2.50. The lowest BCUT2D eigenvalue weighted by atomic mass is 10.1. The number of hydrogen-bond acceptors (Lipinski definition) is 2. The van der Waals surface area contributed by atoms with Gasteiger partial charge in [0, 0.05) is 22.0 Å². The molecule has 0 amide bonds. The van der Waals surface area contributed by atoms with E-state index >= 15 is 0 Å². The molecule has 2 N–H and O–H groups in total. The van der Waals surface area contributed by atoms with Crippen molar-refractivity contribution in [2.24, 2.45) is 0 Å². The Hall–Kier alpha value is -1.36. The number of aromatic nitrogens is 2. The number of imidazole rings is 1. The first-order valence-electron chi connectivity index (χ1n) is 7.08. The highest BCUT2D eigenvalue weighted by Crippen LogP contribution is 2.34. The molecule has 0 unspecified atom stereocenters. The van der Waals surface area contributed by atoms with Crippen LogP contribution in [0.5, 0.6) is 0 Å². The molecule has 3 nitrogen and oxygen atoms in total. The van der Waals surface area contributed by atoms with Gasteiger partial charge < -0.3 is 10.3 Å². The van der Waals surface area contributed by atoms with Gasteiger partial charge in [0.15, 0.2) is 0 Å². The summed E-state index contributed by atoms with van der Waals surface area (Å²) in [6, 6.07) is 4.94. The van der Waals surface area contributed by atoms with Crippen molar-refractivity contribution in [3.05, 3.63) is 34.3 Å². The van der Waals surface area contributed by atoms with Crippen molar-refractivity contribution >= 4 is 21.7 Å². The first kappa shape index (κ1) is 16.0. The molecule has 0 bridgehead atoms. The fraction of sp³-hybridized carbons (Fsp3) is 0.438. The molecule has 2 aromatic rings. The highest BCUT2D eigenvalue weighted by atomic mass is 79.9. The standard InChI is InChI=1S/C16H21BrFN3/c1-5-6-13-20-14(15(19)21(13)16(2,3)4)11-8-7-10(17)9-12(11)18/h7-9H,5-6,19H2,1-4H3. The Morgan fingerprint density at radius 3 is 2.52 bits per heavy atom. The van der Waals surface area contributed by atoms with E-state index in [0.29, 0.717) is 21.5 Å². The fourth-order valence-corrected chi connectivity index (χ4v) is 2.83. The van der Waals surface area contributed by atoms with Gasteiger partial charge in [0.2, 0.25) is 0 Å². The zero-order valence-corrected chi connectivity index (χ0v) is 14.5. The molecule has 0 radical (unpaired) electrons. The van der Waals surface area contributed by atoms with Crippen LogP contribution in [0.2, 0.25) is 0 Å². The van der Waals surface area contributed by atoms with Crippen molar-refractivity contribution in [2.75, 3.05) is 5.73 Å². The third-order valence-corrected chi connectivity index (χ3v) is 3.81. The Bertz CT molecular complexity index is 656. The van der Waals surface area contributed by atoms with Crippen molar-refractivity contribution in [2.45, 2.75) is 46.1 Å². The lowest BCUT2D eigenvalue weighted by Crippen LogP contribution is -2.25. The molecule has 1 aromatic carbocycles. The van der Waals surface area contributed by atoms with Gasteiger partial charge in [-0.1, -0.05) is 22.9 Å². The summed E-state index contributed by atoms with van der Waals surface area (Å²) >= 11 is 3.27. The molecule has 1 heterocycles. The van der Waals surface area contributed by atoms with Crippen LogP contribution >= 0.6 is 15.9 Å². The molecule has 114 valence electrons. The monoisotopic (exact) mass is 353 g/mol. The molecule has 0 aliphatic carbocycles. The van der Waals surface area contributed by atoms with Gasteiger partial charge in [-0.15, -0.1) is 0 Å². The minimum atomic E-state index is -0.322. The Kier molecular flexibility index (Phi) is 4.42. The molecule has 0 saturated heterocycles. The average molecular weight is 354 g/mol. The number of anilines is 1. The van der Waals surface area contributed by atoms with Crippen molar-refractivity contribution < 1.29 is 4.39 Å². The zero-order valence-electron chi connectivity index (χ0n) is 12.9. The Morgan fingerprint density at radius 2 is 2.00 bits per heavy atom. The largest absolute Gasteiger partial charge is 0.383 e. The SMILES string of the molecule is CCCc1nc(-c2ccc(Br)cc2F)c(N)n1C(C)(C)C. The Morgan fingerprint density at radius 1 is 1.33 bits per heavy atom. The van der Waals surface area contributed by atoms with Crippen LogP contribution in [0.25, 0.3) is 11.3 Å². The van der Waals surface area contributed by atoms with E-state index < -0.39 is 0 Å². The molecule has 1 aromatic heterocycles. The summed E-state index contributed by atoms with van der Waals surface area (Å²) in [4.78, 5) is 4.61. The summed E-state index contributed by atoms with van der Waals surface area (Å²) < 4.78 is 16.9. The molecule has 0 atom stereocenters. The van der Waals surface area contributed by atoms with Crippen LogP contribution in [0.15, 0.2) is 22.7 Å². The molecule has 2 rings (SSSR count). The molecule has 0 aliphatic rings. The highest BCUT2D eigenvalue weighted by Gasteiger charge is 2.25. The number of benzene rings is 1. The van der Waals surface area contributed by atoms with Gasteiger partial charge in [-0.25, -0.2) is 9.37 Å². The van der Waals surface area contributed by atoms with E-state index in [4.69, 9.17) is 5.73 Å². The van der Waals surface area contributed by atoms with Crippen molar-refractivity contribution in [3.8, 4) is 11.3 Å². The van der Waals surface area contributed by atoms with Crippen LogP contribution in [0.4, 0.5) is 10.2 Å². The quantitative estimate of drug-likeness (QED) is 0.865. The number of nitrogens with two attached hydrogens (primary N) is 1. The maximum Gasteiger partial charge on any atom is 0.133 e. The number of rotatable bonds is 3. The summed E-state index contributed by atoms with van der Waals surface area (Å²) in [5.41, 5.74) is 7.06. The number of nitrogens with zero attached hydrogens (tertiary/aromatic N) is 2. The summed E-state index contributed by atoms with van der Waals surface area (Å²) in [5, 5.41) is 0. The number of hydrogen-bond donors (Lipinski definition) is 1. The minimum absolute atomic E-state index is 0.189. The van der Waals surface area contributed by atoms with E-state index in [1.54, 1.807) is 12.1 Å². The lowest BCUT2D eigenvalue weighted by molar-refractivity contribution is 0.387. The first-order chi connectivity index (χ1) is 9.75. The molecule has 0 fully saturated rings. The van der Waals surface area contributed by atoms with E-state index in [9.17, 15) is 4.39 Å². The van der Waals surface area contributed by atoms with Crippen LogP contribution in [0.1, 0.15) is 39.9 Å². The van der Waals surface area contributed by atoms with Crippen LogP contribution in [-0.2, 0) is 12.0 Å². The molecule has 21 heavy (non-hydrogen) atoms. The van der Waals surface area contributed by atoms with Gasteiger partial charge in [-0.05, 0) is 45.4 Å². The second kappa shape index (κ2) is 5.79. The Labute approximate surface area is 133 Å². The third-order valence-electron chi connectivity index (χ3n) is 3.31. The maximum atomic E-state index is 14.2. The van der Waals surface area contributed by atoms with E-state index in [0.717, 1.165) is 18.7 Å². The van der Waals surface area contributed by atoms with Crippen LogP contribution in [0, 0.1) is 5.82 Å². The van der Waals surface area contributed by atoms with Gasteiger partial charge in [-0.2, -0.15) is 0 Å². The average Bonchev–Trinajstić information content (AvgIpc) is 2.66. The topological polar surface area (TPSA) is 43.8 Å². The van der Waals surface area contributed by atoms with Gasteiger partial charge in [-0.3, -0.25) is 0 Å². The second-order valence-corrected chi connectivity index (χ2v) is 7.06. The summed E-state index contributed by atoms with van der Waals surface area (Å²) in [6.45, 7) is 8.32. The molecular formula is C16H21BrFN3. The van der Waals surface area contributed by atoms with E-state index in [-0.39, 0.29) is 11.4 Å². The molecule has 5 heteroatoms. The lowest BCUT2D eigenvalue weighted by Gasteiger charge is -2.25. The first-order valence-corrected chi connectivity index (χ1v) is 7.88. The van der Waals surface area contributed by atoms with Gasteiger partial charge in [0.05, 0.1) is 0 Å². The van der Waals surface area contributed by atoms with Crippen molar-refractivity contribution in [3.63, 3.8) is 0 Å². The second-order valence-electron chi connectivity index (χ2n) is 6.14. The summed E-state index contributed by atoms with van der Waals surface area (Å²) in [6.07, 6.45) is 1.79. The predicted octanol–water partition coefficient (Wildman–Crippen LogP) is 4.74. The van der Waals surface area contributed by atoms with Gasteiger partial charge >= 0.3 is 0 Å². The van der Waals surface area contributed by atoms with E-state index in [1.807, 2.05) is 4.57 Å². The van der Waals surface area contributed by atoms with Crippen LogP contribution in [0.3, 0.4) is 0 Å². The van der Waals surface area contributed by atoms with E-state index in [1.165, 1.54) is 6.07 Å². The van der Waals surface area contributed by atoms with Crippen LogP contribution < -0.4 is 5.73 Å². The summed E-state index contributed by atoms with van der Waals surface area (Å²) in [7, 11) is 0. The predicted molar refractivity (Wildman–Crippen MR) is 88.7 cm³/mol. The van der Waals surface area contributed by atoms with Crippen LogP contribution in [-0.4, -0.2) is 9.55 Å². The number of halogens is 2. The molecule has 0 aliphatic heterocycles. The normalized spacial score (nSPS) is 11.9. The number of nitrogen functional groups attached to an aromatic ring is 1. The molecule has 0 saturated carbocycles. The van der Waals surface area contributed by atoms with Crippen molar-refractivity contribution in [1.29, 1.82) is 0 Å². The van der Waals surface area contributed by atoms with E-state index in [2.05, 4.69) is 48.6 Å². The maximum absolute atomic E-state index is 14.2.